The van der Waals surface area contributed by atoms with Gasteiger partial charge in [-0.3, -0.25) is 4.98 Å². The van der Waals surface area contributed by atoms with Crippen molar-refractivity contribution in [2.75, 3.05) is 6.61 Å². The molecule has 3 rings (SSSR count). The summed E-state index contributed by atoms with van der Waals surface area (Å²) in [4.78, 5) is 15.6. The Morgan fingerprint density at radius 3 is 2.52 bits per heavy atom. The van der Waals surface area contributed by atoms with Crippen LogP contribution in [-0.2, 0) is 10.9 Å². The smallest absolute Gasteiger partial charge is 0.419 e. The summed E-state index contributed by atoms with van der Waals surface area (Å²) in [6.45, 7) is 5.08. The van der Waals surface area contributed by atoms with Crippen LogP contribution >= 0.6 is 11.6 Å². The zero-order valence-corrected chi connectivity index (χ0v) is 19.1. The number of pyridine rings is 1. The molecule has 9 heteroatoms. The molecule has 1 heterocycles. The third-order valence-electron chi connectivity index (χ3n) is 5.02. The molecule has 5 nitrogen and oxygen atoms in total. The molecule has 0 aliphatic carbocycles. The van der Waals surface area contributed by atoms with Crippen LogP contribution in [0.4, 0.5) is 18.0 Å². The number of nitrogens with two attached hydrogens (primary N) is 1. The van der Waals surface area contributed by atoms with Gasteiger partial charge in [-0.2, -0.15) is 13.2 Å². The second kappa shape index (κ2) is 9.47. The molecule has 2 N–H and O–H groups in total. The van der Waals surface area contributed by atoms with Crippen molar-refractivity contribution in [2.45, 2.75) is 39.0 Å². The number of amides is 1. The number of benzene rings is 2. The average molecular weight is 481 g/mol. The molecule has 1 atom stereocenters. The maximum atomic E-state index is 13.9. The topological polar surface area (TPSA) is 74.4 Å². The Bertz CT molecular complexity index is 1170. The Balaban J connectivity index is 2.00. The van der Waals surface area contributed by atoms with Gasteiger partial charge in [-0.05, 0) is 60.7 Å². The molecule has 1 aromatic heterocycles. The first-order valence-corrected chi connectivity index (χ1v) is 10.6. The lowest BCUT2D eigenvalue weighted by atomic mass is 9.94. The van der Waals surface area contributed by atoms with Gasteiger partial charge in [-0.25, -0.2) is 4.79 Å². The zero-order chi connectivity index (χ0) is 24.4. The SMILES string of the molecule is CC(C)C[C@@](C)(COc1ccc(-c2ccnc3cc(Cl)ccc23)cc1C(F)(F)F)OC(N)=O. The Hall–Kier alpha value is -3.00. The highest BCUT2D eigenvalue weighted by Crippen LogP contribution is 2.40. The van der Waals surface area contributed by atoms with Crippen molar-refractivity contribution in [2.24, 2.45) is 11.7 Å². The summed E-state index contributed by atoms with van der Waals surface area (Å²) in [6.07, 6.45) is -3.81. The van der Waals surface area contributed by atoms with Crippen LogP contribution in [-0.4, -0.2) is 23.3 Å². The van der Waals surface area contributed by atoms with Crippen molar-refractivity contribution in [3.63, 3.8) is 0 Å². The number of alkyl halides is 3. The molecule has 33 heavy (non-hydrogen) atoms. The van der Waals surface area contributed by atoms with Crippen LogP contribution in [0.25, 0.3) is 22.0 Å². The van der Waals surface area contributed by atoms with E-state index in [0.717, 1.165) is 6.07 Å². The molecular formula is C24H24ClF3N2O3. The number of primary amides is 1. The Labute approximate surface area is 194 Å². The summed E-state index contributed by atoms with van der Waals surface area (Å²) < 4.78 is 52.5. The number of nitrogens with zero attached hydrogens (tertiary/aromatic N) is 1. The highest BCUT2D eigenvalue weighted by Gasteiger charge is 2.37. The van der Waals surface area contributed by atoms with E-state index in [4.69, 9.17) is 26.8 Å². The molecule has 3 aromatic rings. The normalized spacial score (nSPS) is 13.7. The molecule has 0 bridgehead atoms. The average Bonchev–Trinajstić information content (AvgIpc) is 2.69. The molecule has 0 aliphatic heterocycles. The van der Waals surface area contributed by atoms with E-state index in [9.17, 15) is 18.0 Å². The molecule has 2 aromatic carbocycles. The third-order valence-corrected chi connectivity index (χ3v) is 5.26. The van der Waals surface area contributed by atoms with Crippen LogP contribution in [0, 0.1) is 5.92 Å². The summed E-state index contributed by atoms with van der Waals surface area (Å²) in [7, 11) is 0. The van der Waals surface area contributed by atoms with Crippen molar-refractivity contribution in [1.29, 1.82) is 0 Å². The van der Waals surface area contributed by atoms with Gasteiger partial charge in [0.2, 0.25) is 0 Å². The molecule has 0 unspecified atom stereocenters. The van der Waals surface area contributed by atoms with Gasteiger partial charge in [0.1, 0.15) is 18.0 Å². The zero-order valence-electron chi connectivity index (χ0n) is 18.4. The van der Waals surface area contributed by atoms with E-state index in [1.54, 1.807) is 37.3 Å². The number of hydrogen-bond donors (Lipinski definition) is 1. The standard InChI is InChI=1S/C24H24ClF3N2O3/c1-14(2)12-23(3,33-22(29)31)13-32-21-7-4-15(10-19(21)24(26,27)28)17-8-9-30-20-11-16(25)5-6-18(17)20/h4-11,14H,12-13H2,1-3H3,(H2,29,31)/t23-/m0/s1. The molecule has 0 saturated heterocycles. The van der Waals surface area contributed by atoms with Gasteiger partial charge in [0.15, 0.2) is 0 Å². The first-order chi connectivity index (χ1) is 15.4. The van der Waals surface area contributed by atoms with Gasteiger partial charge in [-0.15, -0.1) is 0 Å². The molecule has 0 aliphatic rings. The minimum atomic E-state index is -4.67. The van der Waals surface area contributed by atoms with E-state index < -0.39 is 23.4 Å². The molecular weight excluding hydrogens is 457 g/mol. The molecule has 0 spiro atoms. The second-order valence-corrected chi connectivity index (χ2v) is 8.92. The number of aromatic nitrogens is 1. The second-order valence-electron chi connectivity index (χ2n) is 8.49. The monoisotopic (exact) mass is 480 g/mol. The van der Waals surface area contributed by atoms with Crippen molar-refractivity contribution < 1.29 is 27.4 Å². The minimum Gasteiger partial charge on any atom is -0.489 e. The van der Waals surface area contributed by atoms with Crippen molar-refractivity contribution in [3.8, 4) is 16.9 Å². The number of halogens is 4. The Morgan fingerprint density at radius 2 is 1.88 bits per heavy atom. The predicted molar refractivity (Wildman–Crippen MR) is 121 cm³/mol. The van der Waals surface area contributed by atoms with Crippen LogP contribution in [0.1, 0.15) is 32.8 Å². The first kappa shape index (κ1) is 24.6. The molecule has 0 saturated carbocycles. The molecule has 1 amide bonds. The summed E-state index contributed by atoms with van der Waals surface area (Å²) >= 11 is 6.01. The van der Waals surface area contributed by atoms with Crippen LogP contribution in [0.5, 0.6) is 5.75 Å². The van der Waals surface area contributed by atoms with Crippen LogP contribution in [0.3, 0.4) is 0 Å². The summed E-state index contributed by atoms with van der Waals surface area (Å²) in [5, 5.41) is 1.15. The van der Waals surface area contributed by atoms with Crippen molar-refractivity contribution in [1.82, 2.24) is 4.98 Å². The fraction of sp³-hybridized carbons (Fsp3) is 0.333. The maximum Gasteiger partial charge on any atom is 0.419 e. The number of rotatable bonds is 7. The van der Waals surface area contributed by atoms with Gasteiger partial charge in [0.25, 0.3) is 0 Å². The van der Waals surface area contributed by atoms with E-state index in [0.29, 0.717) is 33.5 Å². The quantitative estimate of drug-likeness (QED) is 0.401. The van der Waals surface area contributed by atoms with E-state index in [-0.39, 0.29) is 18.3 Å². The lowest BCUT2D eigenvalue weighted by molar-refractivity contribution is -0.139. The number of carbonyl (C=O) groups is 1. The molecule has 0 radical (unpaired) electrons. The Morgan fingerprint density at radius 1 is 1.15 bits per heavy atom. The summed E-state index contributed by atoms with van der Waals surface area (Å²) in [6, 6.07) is 10.5. The lowest BCUT2D eigenvalue weighted by Gasteiger charge is -2.30. The summed E-state index contributed by atoms with van der Waals surface area (Å²) in [5.41, 5.74) is 4.53. The fourth-order valence-corrected chi connectivity index (χ4v) is 4.05. The number of carbonyl (C=O) groups excluding carboxylic acids is 1. The van der Waals surface area contributed by atoms with Gasteiger partial charge in [0.05, 0.1) is 11.1 Å². The van der Waals surface area contributed by atoms with Gasteiger partial charge in [0, 0.05) is 16.6 Å². The van der Waals surface area contributed by atoms with Crippen LogP contribution < -0.4 is 10.5 Å². The van der Waals surface area contributed by atoms with Crippen LogP contribution in [0.15, 0.2) is 48.7 Å². The molecule has 176 valence electrons. The van der Waals surface area contributed by atoms with Crippen molar-refractivity contribution in [3.05, 3.63) is 59.2 Å². The third kappa shape index (κ3) is 6.07. The minimum absolute atomic E-state index is 0.0934. The maximum absolute atomic E-state index is 13.9. The van der Waals surface area contributed by atoms with E-state index in [1.165, 1.54) is 12.3 Å². The number of ether oxygens (including phenoxy) is 2. The van der Waals surface area contributed by atoms with E-state index >= 15 is 0 Å². The van der Waals surface area contributed by atoms with Gasteiger partial charge in [-0.1, -0.05) is 37.6 Å². The predicted octanol–water partition coefficient (Wildman–Crippen LogP) is 6.85. The number of hydrogen-bond acceptors (Lipinski definition) is 4. The van der Waals surface area contributed by atoms with Gasteiger partial charge >= 0.3 is 12.3 Å². The molecule has 0 fully saturated rings. The highest BCUT2D eigenvalue weighted by molar-refractivity contribution is 6.31. The first-order valence-electron chi connectivity index (χ1n) is 10.2. The lowest BCUT2D eigenvalue weighted by Crippen LogP contribution is -2.41. The van der Waals surface area contributed by atoms with Crippen molar-refractivity contribution >= 4 is 28.6 Å². The largest absolute Gasteiger partial charge is 0.489 e. The van der Waals surface area contributed by atoms with Crippen LogP contribution in [0.2, 0.25) is 5.02 Å². The Kier molecular flexibility index (Phi) is 7.07. The highest BCUT2D eigenvalue weighted by atomic mass is 35.5. The van der Waals surface area contributed by atoms with Gasteiger partial charge < -0.3 is 15.2 Å². The van der Waals surface area contributed by atoms with E-state index in [1.807, 2.05) is 13.8 Å². The fourth-order valence-electron chi connectivity index (χ4n) is 3.88. The number of fused-ring (bicyclic) bond motifs is 1. The van der Waals surface area contributed by atoms with E-state index in [2.05, 4.69) is 4.98 Å². The summed E-state index contributed by atoms with van der Waals surface area (Å²) in [5.74, 6) is -0.272.